The molecule has 0 heterocycles. The average molecular weight is 464 g/mol. The zero-order chi connectivity index (χ0) is 24.5. The quantitative estimate of drug-likeness (QED) is 0.384. The number of nitrogens with one attached hydrogen (secondary N) is 2. The van der Waals surface area contributed by atoms with Crippen LogP contribution < -0.4 is 10.6 Å². The average Bonchev–Trinajstić information content (AvgIpc) is 2.66. The predicted molar refractivity (Wildman–Crippen MR) is 126 cm³/mol. The van der Waals surface area contributed by atoms with E-state index in [1.807, 2.05) is 6.26 Å². The lowest BCUT2D eigenvalue weighted by atomic mass is 10.0. The van der Waals surface area contributed by atoms with E-state index in [0.717, 1.165) is 4.90 Å². The van der Waals surface area contributed by atoms with Crippen molar-refractivity contribution in [3.8, 4) is 18.2 Å². The van der Waals surface area contributed by atoms with Crippen molar-refractivity contribution in [2.45, 2.75) is 64.8 Å². The summed E-state index contributed by atoms with van der Waals surface area (Å²) in [5.41, 5.74) is -0.403. The standard InChI is InChI=1S/C23H33N3O5S/c1-8-26(19(20(28)24-15(2)3)16-10-9-11-17(27)14-16)21(29)18(12-13-32-7)25-22(30)31-23(4,5)6/h1,9-11,14-15,18-19,27H,12-13H2,2-7H3,(H,24,28)(H,25,30). The number of rotatable bonds is 9. The molecule has 0 aliphatic carbocycles. The minimum atomic E-state index is -1.20. The third kappa shape index (κ3) is 8.71. The Morgan fingerprint density at radius 2 is 1.91 bits per heavy atom. The molecule has 2 unspecified atom stereocenters. The molecule has 1 rings (SSSR count). The van der Waals surface area contributed by atoms with Crippen molar-refractivity contribution in [3.63, 3.8) is 0 Å². The van der Waals surface area contributed by atoms with Crippen LogP contribution in [-0.2, 0) is 14.3 Å². The Morgan fingerprint density at radius 3 is 2.41 bits per heavy atom. The number of phenolic OH excluding ortho intramolecular Hbond substituents is 1. The highest BCUT2D eigenvalue weighted by molar-refractivity contribution is 7.98. The third-order valence-electron chi connectivity index (χ3n) is 4.10. The van der Waals surface area contributed by atoms with Crippen molar-refractivity contribution in [3.05, 3.63) is 29.8 Å². The molecule has 0 bridgehead atoms. The van der Waals surface area contributed by atoms with Crippen molar-refractivity contribution in [1.29, 1.82) is 0 Å². The van der Waals surface area contributed by atoms with Gasteiger partial charge < -0.3 is 20.5 Å². The summed E-state index contributed by atoms with van der Waals surface area (Å²) in [5.74, 6) is -0.628. The van der Waals surface area contributed by atoms with Gasteiger partial charge in [-0.25, -0.2) is 4.79 Å². The fourth-order valence-corrected chi connectivity index (χ4v) is 3.32. The Labute approximate surface area is 194 Å². The largest absolute Gasteiger partial charge is 0.508 e. The maximum atomic E-state index is 13.4. The zero-order valence-electron chi connectivity index (χ0n) is 19.5. The molecule has 1 aromatic rings. The van der Waals surface area contributed by atoms with Crippen LogP contribution in [0, 0.1) is 12.5 Å². The molecule has 0 saturated heterocycles. The number of carbonyl (C=O) groups excluding carboxylic acids is 3. The number of carbonyl (C=O) groups is 3. The molecule has 3 amide bonds. The molecule has 32 heavy (non-hydrogen) atoms. The highest BCUT2D eigenvalue weighted by Gasteiger charge is 2.36. The topological polar surface area (TPSA) is 108 Å². The van der Waals surface area contributed by atoms with Crippen LogP contribution in [0.3, 0.4) is 0 Å². The molecule has 2 atom stereocenters. The first-order valence-corrected chi connectivity index (χ1v) is 11.7. The molecule has 1 aromatic carbocycles. The van der Waals surface area contributed by atoms with Gasteiger partial charge in [-0.1, -0.05) is 18.6 Å². The first-order valence-electron chi connectivity index (χ1n) is 10.3. The summed E-state index contributed by atoms with van der Waals surface area (Å²) >= 11 is 1.50. The molecule has 0 saturated carbocycles. The minimum absolute atomic E-state index is 0.0694. The molecule has 3 N–H and O–H groups in total. The number of thioether (sulfide) groups is 1. The van der Waals surface area contributed by atoms with E-state index in [2.05, 4.69) is 16.7 Å². The monoisotopic (exact) mass is 463 g/mol. The first kappa shape index (κ1) is 27.2. The second-order valence-corrected chi connectivity index (χ2v) is 9.46. The number of terminal acetylenes is 1. The number of hydrogen-bond acceptors (Lipinski definition) is 6. The molecule has 8 nitrogen and oxygen atoms in total. The van der Waals surface area contributed by atoms with Gasteiger partial charge in [0.25, 0.3) is 5.91 Å². The van der Waals surface area contributed by atoms with Crippen LogP contribution in [-0.4, -0.2) is 57.6 Å². The normalized spacial score (nSPS) is 12.9. The minimum Gasteiger partial charge on any atom is -0.508 e. The summed E-state index contributed by atoms with van der Waals surface area (Å²) in [7, 11) is 0. The maximum Gasteiger partial charge on any atom is 0.408 e. The van der Waals surface area contributed by atoms with Gasteiger partial charge in [-0.15, -0.1) is 0 Å². The van der Waals surface area contributed by atoms with Crippen LogP contribution in [0.4, 0.5) is 4.79 Å². The number of alkyl carbamates (subject to hydrolysis) is 1. The number of phenols is 1. The van der Waals surface area contributed by atoms with E-state index in [9.17, 15) is 19.5 Å². The Kier molecular flexibility index (Phi) is 10.4. The summed E-state index contributed by atoms with van der Waals surface area (Å²) in [6, 6.07) is 5.88. The van der Waals surface area contributed by atoms with Gasteiger partial charge in [0.05, 0.1) is 0 Å². The van der Waals surface area contributed by atoms with E-state index in [1.54, 1.807) is 46.8 Å². The highest BCUT2D eigenvalue weighted by atomic mass is 32.2. The van der Waals surface area contributed by atoms with E-state index >= 15 is 0 Å². The Morgan fingerprint density at radius 1 is 1.25 bits per heavy atom. The highest BCUT2D eigenvalue weighted by Crippen LogP contribution is 2.25. The fraction of sp³-hybridized carbons (Fsp3) is 0.522. The molecule has 0 spiro atoms. The molecule has 0 aliphatic rings. The third-order valence-corrected chi connectivity index (χ3v) is 4.74. The second-order valence-electron chi connectivity index (χ2n) is 8.48. The molecule has 0 aliphatic heterocycles. The smallest absolute Gasteiger partial charge is 0.408 e. The van der Waals surface area contributed by atoms with Crippen LogP contribution in [0.5, 0.6) is 5.75 Å². The van der Waals surface area contributed by atoms with Gasteiger partial charge in [0.1, 0.15) is 23.4 Å². The number of amides is 3. The molecular weight excluding hydrogens is 430 g/mol. The van der Waals surface area contributed by atoms with Gasteiger partial charge in [0, 0.05) is 12.1 Å². The summed E-state index contributed by atoms with van der Waals surface area (Å²) in [6.45, 7) is 8.71. The molecule has 9 heteroatoms. The maximum absolute atomic E-state index is 13.4. The lowest BCUT2D eigenvalue weighted by Gasteiger charge is -2.30. The molecular formula is C23H33N3O5S. The SMILES string of the molecule is C#CN(C(=O)C(CCSC)NC(=O)OC(C)(C)C)C(C(=O)NC(C)C)c1cccc(O)c1. The van der Waals surface area contributed by atoms with E-state index in [4.69, 9.17) is 11.2 Å². The molecule has 176 valence electrons. The van der Waals surface area contributed by atoms with Gasteiger partial charge in [-0.2, -0.15) is 11.8 Å². The summed E-state index contributed by atoms with van der Waals surface area (Å²) in [5, 5.41) is 15.2. The van der Waals surface area contributed by atoms with Crippen molar-refractivity contribution >= 4 is 29.7 Å². The number of ether oxygens (including phenoxy) is 1. The van der Waals surface area contributed by atoms with Gasteiger partial charge in [0.2, 0.25) is 5.91 Å². The van der Waals surface area contributed by atoms with Crippen LogP contribution in [0.2, 0.25) is 0 Å². The van der Waals surface area contributed by atoms with E-state index < -0.39 is 35.6 Å². The Hall–Kier alpha value is -2.86. The number of benzene rings is 1. The van der Waals surface area contributed by atoms with E-state index in [1.165, 1.54) is 23.9 Å². The predicted octanol–water partition coefficient (Wildman–Crippen LogP) is 3.02. The van der Waals surface area contributed by atoms with Crippen molar-refractivity contribution in [2.24, 2.45) is 0 Å². The van der Waals surface area contributed by atoms with Gasteiger partial charge in [-0.3, -0.25) is 14.5 Å². The summed E-state index contributed by atoms with van der Waals surface area (Å²) in [4.78, 5) is 39.7. The van der Waals surface area contributed by atoms with Crippen LogP contribution in [0.1, 0.15) is 52.6 Å². The lowest BCUT2D eigenvalue weighted by molar-refractivity contribution is -0.138. The van der Waals surface area contributed by atoms with Gasteiger partial charge in [0.15, 0.2) is 0 Å². The fourth-order valence-electron chi connectivity index (χ4n) is 2.85. The van der Waals surface area contributed by atoms with Crippen molar-refractivity contribution in [2.75, 3.05) is 12.0 Å². The van der Waals surface area contributed by atoms with Crippen LogP contribution in [0.15, 0.2) is 24.3 Å². The van der Waals surface area contributed by atoms with E-state index in [0.29, 0.717) is 11.3 Å². The van der Waals surface area contributed by atoms with Gasteiger partial charge in [-0.05, 0) is 70.7 Å². The summed E-state index contributed by atoms with van der Waals surface area (Å²) in [6.07, 6.45) is 7.09. The number of nitrogens with zero attached hydrogens (tertiary/aromatic N) is 1. The van der Waals surface area contributed by atoms with E-state index in [-0.39, 0.29) is 18.2 Å². The number of aromatic hydroxyl groups is 1. The Bertz CT molecular complexity index is 845. The number of hydrogen-bond donors (Lipinski definition) is 3. The van der Waals surface area contributed by atoms with Crippen LogP contribution in [0.25, 0.3) is 0 Å². The molecule has 0 radical (unpaired) electrons. The lowest BCUT2D eigenvalue weighted by Crippen LogP contribution is -2.52. The Balaban J connectivity index is 3.32. The molecule has 0 fully saturated rings. The second kappa shape index (κ2) is 12.2. The van der Waals surface area contributed by atoms with Gasteiger partial charge >= 0.3 is 6.09 Å². The summed E-state index contributed by atoms with van der Waals surface area (Å²) < 4.78 is 5.28. The first-order chi connectivity index (χ1) is 14.9. The van der Waals surface area contributed by atoms with Crippen LogP contribution >= 0.6 is 11.8 Å². The molecule has 0 aromatic heterocycles. The zero-order valence-corrected chi connectivity index (χ0v) is 20.3. The van der Waals surface area contributed by atoms with Crippen molar-refractivity contribution < 1.29 is 24.2 Å². The van der Waals surface area contributed by atoms with Crippen molar-refractivity contribution in [1.82, 2.24) is 15.5 Å².